The van der Waals surface area contributed by atoms with Gasteiger partial charge in [-0.3, -0.25) is 13.8 Å². The Kier molecular flexibility index (Phi) is 16.6. The first kappa shape index (κ1) is 32.4. The van der Waals surface area contributed by atoms with Crippen molar-refractivity contribution < 1.29 is 46.4 Å². The van der Waals surface area contributed by atoms with Crippen LogP contribution in [0, 0.1) is 0 Å². The van der Waals surface area contributed by atoms with E-state index in [2.05, 4.69) is 6.92 Å². The smallest absolute Gasteiger partial charge is 0.457 e. The maximum atomic E-state index is 14.0. The fraction of sp³-hybridized carbons (Fsp3) is 0.955. The number of carbonyl (C=O) groups is 1. The van der Waals surface area contributed by atoms with Gasteiger partial charge in [0.05, 0.1) is 40.8 Å². The van der Waals surface area contributed by atoms with Gasteiger partial charge in [-0.2, -0.15) is 0 Å². The van der Waals surface area contributed by atoms with E-state index in [1.807, 2.05) is 21.1 Å². The van der Waals surface area contributed by atoms with Crippen molar-refractivity contribution in [1.82, 2.24) is 0 Å². The Morgan fingerprint density at radius 2 is 1.58 bits per heavy atom. The van der Waals surface area contributed by atoms with Crippen molar-refractivity contribution in [3.8, 4) is 0 Å². The molecular weight excluding hydrogens is 459 g/mol. The van der Waals surface area contributed by atoms with Crippen molar-refractivity contribution in [3.05, 3.63) is 0 Å². The SMILES string of the molecule is CCCCCCCCCCC(F)(F)CCC(=O)O[C@@H](CO)COP(=O)(O)OCC[N+](C)(C)C. The van der Waals surface area contributed by atoms with Gasteiger partial charge in [0.15, 0.2) is 0 Å². The minimum absolute atomic E-state index is 0.0329. The van der Waals surface area contributed by atoms with Gasteiger partial charge < -0.3 is 19.2 Å². The lowest BCUT2D eigenvalue weighted by atomic mass is 10.0. The van der Waals surface area contributed by atoms with Crippen molar-refractivity contribution in [2.24, 2.45) is 0 Å². The summed E-state index contributed by atoms with van der Waals surface area (Å²) >= 11 is 0. The number of carbonyl (C=O) groups excluding carboxylic acids is 1. The molecule has 11 heteroatoms. The Bertz CT molecular complexity index is 573. The Morgan fingerprint density at radius 3 is 2.12 bits per heavy atom. The Hall–Kier alpha value is -0.640. The highest BCUT2D eigenvalue weighted by Crippen LogP contribution is 2.43. The van der Waals surface area contributed by atoms with E-state index in [0.29, 0.717) is 17.4 Å². The largest absolute Gasteiger partial charge is 0.472 e. The molecule has 0 aromatic rings. The maximum absolute atomic E-state index is 14.0. The topological polar surface area (TPSA) is 102 Å². The van der Waals surface area contributed by atoms with Crippen molar-refractivity contribution >= 4 is 13.8 Å². The minimum Gasteiger partial charge on any atom is -0.457 e. The molecule has 0 radical (unpaired) electrons. The van der Waals surface area contributed by atoms with E-state index >= 15 is 0 Å². The van der Waals surface area contributed by atoms with E-state index in [4.69, 9.17) is 13.8 Å². The third kappa shape index (κ3) is 20.4. The van der Waals surface area contributed by atoms with Gasteiger partial charge in [-0.05, 0) is 6.42 Å². The molecular formula is C22H45F2NO7P+. The number of aliphatic hydroxyl groups is 1. The second-order valence-corrected chi connectivity index (χ2v) is 10.9. The van der Waals surface area contributed by atoms with Gasteiger partial charge in [0, 0.05) is 12.8 Å². The molecule has 33 heavy (non-hydrogen) atoms. The molecule has 0 amide bonds. The number of rotatable bonds is 21. The number of unbranched alkanes of at least 4 members (excludes halogenated alkanes) is 7. The van der Waals surface area contributed by atoms with E-state index in [-0.39, 0.29) is 13.0 Å². The molecule has 0 bridgehead atoms. The van der Waals surface area contributed by atoms with Crippen molar-refractivity contribution in [1.29, 1.82) is 0 Å². The molecule has 0 aromatic heterocycles. The fourth-order valence-electron chi connectivity index (χ4n) is 2.94. The summed E-state index contributed by atoms with van der Waals surface area (Å²) in [5, 5.41) is 9.30. The minimum atomic E-state index is -4.39. The first-order chi connectivity index (χ1) is 15.3. The summed E-state index contributed by atoms with van der Waals surface area (Å²) in [6.07, 6.45) is 5.17. The van der Waals surface area contributed by atoms with E-state index in [1.54, 1.807) is 0 Å². The summed E-state index contributed by atoms with van der Waals surface area (Å²) in [7, 11) is 1.26. The summed E-state index contributed by atoms with van der Waals surface area (Å²) in [5.74, 6) is -3.89. The van der Waals surface area contributed by atoms with Gasteiger partial charge in [0.25, 0.3) is 0 Å². The number of nitrogens with zero attached hydrogens (tertiary/aromatic N) is 1. The third-order valence-electron chi connectivity index (χ3n) is 5.03. The molecule has 198 valence electrons. The number of halogens is 2. The predicted molar refractivity (Wildman–Crippen MR) is 123 cm³/mol. The van der Waals surface area contributed by atoms with Crippen LogP contribution in [0.5, 0.6) is 0 Å². The van der Waals surface area contributed by atoms with Gasteiger partial charge in [0.1, 0.15) is 19.3 Å². The first-order valence-corrected chi connectivity index (χ1v) is 13.4. The molecule has 0 saturated heterocycles. The van der Waals surface area contributed by atoms with Crippen molar-refractivity contribution in [2.75, 3.05) is 47.5 Å². The number of hydrogen-bond donors (Lipinski definition) is 2. The zero-order chi connectivity index (χ0) is 25.4. The average molecular weight is 505 g/mol. The van der Waals surface area contributed by atoms with Crippen LogP contribution >= 0.6 is 7.82 Å². The Morgan fingerprint density at radius 1 is 1.00 bits per heavy atom. The lowest BCUT2D eigenvalue weighted by molar-refractivity contribution is -0.870. The lowest BCUT2D eigenvalue weighted by Gasteiger charge is -2.24. The number of likely N-dealkylation sites (N-methyl/N-ethyl adjacent to an activating group) is 1. The van der Waals surface area contributed by atoms with Crippen molar-refractivity contribution in [2.45, 2.75) is 89.6 Å². The van der Waals surface area contributed by atoms with Gasteiger partial charge >= 0.3 is 13.8 Å². The van der Waals surface area contributed by atoms with Crippen LogP contribution in [0.15, 0.2) is 0 Å². The van der Waals surface area contributed by atoms with E-state index in [0.717, 1.165) is 25.7 Å². The molecule has 1 unspecified atom stereocenters. The molecule has 0 aliphatic carbocycles. The van der Waals surface area contributed by atoms with E-state index in [1.165, 1.54) is 19.3 Å². The third-order valence-corrected chi connectivity index (χ3v) is 6.02. The summed E-state index contributed by atoms with van der Waals surface area (Å²) in [5.41, 5.74) is 0. The molecule has 2 atom stereocenters. The fourth-order valence-corrected chi connectivity index (χ4v) is 3.68. The Balaban J connectivity index is 4.13. The molecule has 2 N–H and O–H groups in total. The molecule has 0 aliphatic rings. The van der Waals surface area contributed by atoms with Crippen LogP contribution in [0.1, 0.15) is 77.6 Å². The molecule has 0 saturated carbocycles. The second kappa shape index (κ2) is 16.9. The standard InChI is InChI=1S/C22H44F2NO7P/c1-5-6-7-8-9-10-11-12-14-22(23,24)15-13-21(27)32-20(18-26)19-31-33(28,29)30-17-16-25(2,3)4/h20,26H,5-19H2,1-4H3/p+1/t20-/m0/s1. The van der Waals surface area contributed by atoms with Gasteiger partial charge in [-0.25, -0.2) is 13.3 Å². The number of ether oxygens (including phenoxy) is 1. The molecule has 0 aliphatic heterocycles. The normalized spacial score (nSPS) is 15.3. The molecule has 8 nitrogen and oxygen atoms in total. The monoisotopic (exact) mass is 504 g/mol. The van der Waals surface area contributed by atoms with Crippen LogP contribution in [-0.2, 0) is 23.1 Å². The van der Waals surface area contributed by atoms with Crippen LogP contribution in [0.25, 0.3) is 0 Å². The quantitative estimate of drug-likeness (QED) is 0.101. The lowest BCUT2D eigenvalue weighted by Crippen LogP contribution is -2.37. The van der Waals surface area contributed by atoms with Crippen LogP contribution < -0.4 is 0 Å². The van der Waals surface area contributed by atoms with Gasteiger partial charge in [0.2, 0.25) is 5.92 Å². The number of hydrogen-bond acceptors (Lipinski definition) is 6. The van der Waals surface area contributed by atoms with Gasteiger partial charge in [-0.15, -0.1) is 0 Å². The zero-order valence-corrected chi connectivity index (χ0v) is 21.7. The first-order valence-electron chi connectivity index (χ1n) is 11.9. The Labute approximate surface area is 197 Å². The molecule has 0 fully saturated rings. The molecule has 0 aromatic carbocycles. The maximum Gasteiger partial charge on any atom is 0.472 e. The molecule has 0 rings (SSSR count). The van der Waals surface area contributed by atoms with Crippen LogP contribution in [0.3, 0.4) is 0 Å². The van der Waals surface area contributed by atoms with Crippen molar-refractivity contribution in [3.63, 3.8) is 0 Å². The van der Waals surface area contributed by atoms with Crippen LogP contribution in [0.2, 0.25) is 0 Å². The highest BCUT2D eigenvalue weighted by Gasteiger charge is 2.30. The van der Waals surface area contributed by atoms with Crippen LogP contribution in [0.4, 0.5) is 8.78 Å². The summed E-state index contributed by atoms with van der Waals surface area (Å²) in [6.45, 7) is 1.30. The zero-order valence-electron chi connectivity index (χ0n) is 20.8. The number of aliphatic hydroxyl groups excluding tert-OH is 1. The average Bonchev–Trinajstić information content (AvgIpc) is 2.70. The number of quaternary nitrogens is 1. The van der Waals surface area contributed by atoms with E-state index < -0.39 is 51.9 Å². The van der Waals surface area contributed by atoms with E-state index in [9.17, 15) is 28.1 Å². The number of phosphoric ester groups is 1. The molecule has 0 spiro atoms. The predicted octanol–water partition coefficient (Wildman–Crippen LogP) is 4.68. The van der Waals surface area contributed by atoms with Gasteiger partial charge in [-0.1, -0.05) is 51.9 Å². The second-order valence-electron chi connectivity index (χ2n) is 9.49. The summed E-state index contributed by atoms with van der Waals surface area (Å²) < 4.78 is 54.9. The molecule has 0 heterocycles. The number of phosphoric acid groups is 1. The summed E-state index contributed by atoms with van der Waals surface area (Å²) in [6, 6.07) is 0. The highest BCUT2D eigenvalue weighted by molar-refractivity contribution is 7.47. The highest BCUT2D eigenvalue weighted by atomic mass is 31.2. The van der Waals surface area contributed by atoms with Crippen LogP contribution in [-0.4, -0.2) is 80.0 Å². The number of esters is 1. The number of alkyl halides is 2. The summed E-state index contributed by atoms with van der Waals surface area (Å²) in [4.78, 5) is 21.5.